The molecule has 3 amide bonds. The first-order valence-corrected chi connectivity index (χ1v) is 8.37. The molecule has 0 aliphatic carbocycles. The largest absolute Gasteiger partial charge is 0.334 e. The van der Waals surface area contributed by atoms with Gasteiger partial charge in [0, 0.05) is 11.5 Å². The van der Waals surface area contributed by atoms with E-state index in [4.69, 9.17) is 0 Å². The van der Waals surface area contributed by atoms with Crippen molar-refractivity contribution in [3.63, 3.8) is 0 Å². The molecule has 2 aromatic carbocycles. The van der Waals surface area contributed by atoms with E-state index in [1.165, 1.54) is 0 Å². The topological polar surface area (TPSA) is 83.6 Å². The Hall–Kier alpha value is -3.28. The summed E-state index contributed by atoms with van der Waals surface area (Å²) in [4.78, 5) is 51.2. The number of rotatable bonds is 4. The van der Waals surface area contributed by atoms with Crippen molar-refractivity contribution in [1.82, 2.24) is 10.2 Å². The van der Waals surface area contributed by atoms with E-state index in [1.54, 1.807) is 61.5 Å². The van der Waals surface area contributed by atoms with Crippen molar-refractivity contribution in [2.24, 2.45) is 11.8 Å². The van der Waals surface area contributed by atoms with Crippen LogP contribution in [0.1, 0.15) is 38.0 Å². The molecule has 6 nitrogen and oxygen atoms in total. The van der Waals surface area contributed by atoms with Gasteiger partial charge in [0.15, 0.2) is 5.78 Å². The third-order valence-corrected chi connectivity index (χ3v) is 5.05. The van der Waals surface area contributed by atoms with Gasteiger partial charge in [-0.1, -0.05) is 49.4 Å². The third kappa shape index (κ3) is 2.26. The lowest BCUT2D eigenvalue weighted by Gasteiger charge is -2.43. The molecule has 0 bridgehead atoms. The van der Waals surface area contributed by atoms with E-state index in [0.29, 0.717) is 16.7 Å². The van der Waals surface area contributed by atoms with Crippen LogP contribution in [0.3, 0.4) is 0 Å². The molecule has 0 unspecified atom stereocenters. The fourth-order valence-corrected chi connectivity index (χ4v) is 3.59. The summed E-state index contributed by atoms with van der Waals surface area (Å²) in [5.41, 5.74) is 1.14. The van der Waals surface area contributed by atoms with Crippen LogP contribution in [0.5, 0.6) is 0 Å². The highest BCUT2D eigenvalue weighted by Crippen LogP contribution is 2.34. The molecular weight excluding hydrogens is 332 g/mol. The second-order valence-electron chi connectivity index (χ2n) is 6.52. The third-order valence-electron chi connectivity index (χ3n) is 5.05. The summed E-state index contributed by atoms with van der Waals surface area (Å²) in [6.07, 6.45) is -0.808. The highest BCUT2D eigenvalue weighted by Gasteiger charge is 2.53. The Kier molecular flexibility index (Phi) is 3.68. The standard InChI is InChI=1S/C20H16N2O4/c1-11(16(23)12-7-3-2-4-8-12)15-17(21-18(15)24)22-19(25)13-9-5-6-10-14(13)20(22)26/h2-11,15,17H,1H3,(H,21,24)/t11-,15-,17+/m0/s1. The molecule has 1 saturated heterocycles. The number of nitrogens with one attached hydrogen (secondary N) is 1. The van der Waals surface area contributed by atoms with Crippen molar-refractivity contribution in [3.8, 4) is 0 Å². The molecule has 1 fully saturated rings. The number of ketones is 1. The minimum atomic E-state index is -0.808. The van der Waals surface area contributed by atoms with E-state index in [2.05, 4.69) is 5.32 Å². The maximum atomic E-state index is 12.7. The minimum Gasteiger partial charge on any atom is -0.334 e. The summed E-state index contributed by atoms with van der Waals surface area (Å²) in [7, 11) is 0. The van der Waals surface area contributed by atoms with Gasteiger partial charge >= 0.3 is 0 Å². The number of β-lactam (4-membered cyclic amide) rings is 1. The van der Waals surface area contributed by atoms with Crippen LogP contribution in [0.4, 0.5) is 0 Å². The van der Waals surface area contributed by atoms with Gasteiger partial charge in [0.2, 0.25) is 5.91 Å². The summed E-state index contributed by atoms with van der Waals surface area (Å²) in [6, 6.07) is 15.2. The summed E-state index contributed by atoms with van der Waals surface area (Å²) in [5.74, 6) is -2.82. The number of Topliss-reactive ketones (excluding diaryl/α,β-unsaturated/α-hetero) is 1. The number of hydrogen-bond acceptors (Lipinski definition) is 4. The number of imide groups is 1. The van der Waals surface area contributed by atoms with Crippen LogP contribution < -0.4 is 5.32 Å². The Morgan fingerprint density at radius 1 is 0.923 bits per heavy atom. The molecule has 2 aliphatic rings. The van der Waals surface area contributed by atoms with Gasteiger partial charge in [-0.25, -0.2) is 0 Å². The molecule has 0 spiro atoms. The van der Waals surface area contributed by atoms with Crippen molar-refractivity contribution in [2.75, 3.05) is 0 Å². The minimum absolute atomic E-state index is 0.188. The van der Waals surface area contributed by atoms with Crippen LogP contribution in [0.2, 0.25) is 0 Å². The number of nitrogens with zero attached hydrogens (tertiary/aromatic N) is 1. The fourth-order valence-electron chi connectivity index (χ4n) is 3.59. The predicted molar refractivity (Wildman–Crippen MR) is 92.3 cm³/mol. The lowest BCUT2D eigenvalue weighted by atomic mass is 9.79. The highest BCUT2D eigenvalue weighted by molar-refractivity contribution is 6.22. The second kappa shape index (κ2) is 5.91. The Labute approximate surface area is 149 Å². The first-order chi connectivity index (χ1) is 12.5. The zero-order chi connectivity index (χ0) is 18.4. The van der Waals surface area contributed by atoms with E-state index in [0.717, 1.165) is 4.90 Å². The average molecular weight is 348 g/mol. The van der Waals surface area contributed by atoms with Crippen molar-refractivity contribution < 1.29 is 19.2 Å². The van der Waals surface area contributed by atoms with Crippen molar-refractivity contribution >= 4 is 23.5 Å². The molecule has 2 aromatic rings. The molecule has 3 atom stereocenters. The number of carbonyl (C=O) groups is 4. The molecule has 2 heterocycles. The van der Waals surface area contributed by atoms with Crippen LogP contribution in [0.15, 0.2) is 54.6 Å². The number of benzene rings is 2. The lowest BCUT2D eigenvalue weighted by Crippen LogP contribution is -2.69. The SMILES string of the molecule is C[C@H](C(=O)c1ccccc1)[C@@H]1C(=O)N[C@@H]1N1C(=O)c2ccccc2C1=O. The molecule has 0 aromatic heterocycles. The lowest BCUT2D eigenvalue weighted by molar-refractivity contribution is -0.140. The number of hydrogen-bond donors (Lipinski definition) is 1. The molecule has 26 heavy (non-hydrogen) atoms. The van der Waals surface area contributed by atoms with E-state index in [1.807, 2.05) is 0 Å². The van der Waals surface area contributed by atoms with Crippen molar-refractivity contribution in [1.29, 1.82) is 0 Å². The van der Waals surface area contributed by atoms with Gasteiger partial charge in [0.1, 0.15) is 6.17 Å². The molecule has 0 radical (unpaired) electrons. The first-order valence-electron chi connectivity index (χ1n) is 8.37. The fraction of sp³-hybridized carbons (Fsp3) is 0.200. The molecular formula is C20H16N2O4. The molecule has 1 N–H and O–H groups in total. The van der Waals surface area contributed by atoms with Gasteiger partial charge < -0.3 is 5.32 Å². The summed E-state index contributed by atoms with van der Waals surface area (Å²) in [6.45, 7) is 1.66. The van der Waals surface area contributed by atoms with Gasteiger partial charge in [-0.05, 0) is 12.1 Å². The Bertz CT molecular complexity index is 903. The summed E-state index contributed by atoms with van der Waals surface area (Å²) < 4.78 is 0. The van der Waals surface area contributed by atoms with Gasteiger partial charge in [-0.3, -0.25) is 24.1 Å². The Morgan fingerprint density at radius 2 is 1.46 bits per heavy atom. The Morgan fingerprint density at radius 3 is 2.00 bits per heavy atom. The van der Waals surface area contributed by atoms with Crippen LogP contribution >= 0.6 is 0 Å². The summed E-state index contributed by atoms with van der Waals surface area (Å²) >= 11 is 0. The van der Waals surface area contributed by atoms with Gasteiger partial charge in [0.05, 0.1) is 17.0 Å². The zero-order valence-corrected chi connectivity index (χ0v) is 14.0. The van der Waals surface area contributed by atoms with Crippen LogP contribution in [-0.4, -0.2) is 34.6 Å². The quantitative estimate of drug-likeness (QED) is 0.519. The zero-order valence-electron chi connectivity index (χ0n) is 14.0. The maximum absolute atomic E-state index is 12.7. The van der Waals surface area contributed by atoms with Gasteiger partial charge in [-0.2, -0.15) is 0 Å². The smallest absolute Gasteiger partial charge is 0.263 e. The molecule has 6 heteroatoms. The highest BCUT2D eigenvalue weighted by atomic mass is 16.2. The molecule has 130 valence electrons. The van der Waals surface area contributed by atoms with Crippen LogP contribution in [0.25, 0.3) is 0 Å². The molecule has 0 saturated carbocycles. The van der Waals surface area contributed by atoms with E-state index in [9.17, 15) is 19.2 Å². The maximum Gasteiger partial charge on any atom is 0.263 e. The number of amides is 3. The molecule has 4 rings (SSSR count). The first kappa shape index (κ1) is 16.2. The number of carbonyl (C=O) groups excluding carboxylic acids is 4. The van der Waals surface area contributed by atoms with Gasteiger partial charge in [0.25, 0.3) is 11.8 Å². The van der Waals surface area contributed by atoms with Crippen LogP contribution in [0, 0.1) is 11.8 Å². The van der Waals surface area contributed by atoms with E-state index >= 15 is 0 Å². The van der Waals surface area contributed by atoms with Gasteiger partial charge in [-0.15, -0.1) is 0 Å². The van der Waals surface area contributed by atoms with Crippen molar-refractivity contribution in [2.45, 2.75) is 13.1 Å². The predicted octanol–water partition coefficient (Wildman–Crippen LogP) is 1.87. The van der Waals surface area contributed by atoms with E-state index < -0.39 is 29.8 Å². The number of fused-ring (bicyclic) bond motifs is 1. The van der Waals surface area contributed by atoms with E-state index in [-0.39, 0.29) is 11.7 Å². The normalized spacial score (nSPS) is 22.5. The monoisotopic (exact) mass is 348 g/mol. The summed E-state index contributed by atoms with van der Waals surface area (Å²) in [5, 5.41) is 2.61. The second-order valence-corrected chi connectivity index (χ2v) is 6.52. The molecule has 2 aliphatic heterocycles. The average Bonchev–Trinajstić information content (AvgIpc) is 2.90. The van der Waals surface area contributed by atoms with Crippen molar-refractivity contribution in [3.05, 3.63) is 71.3 Å². The Balaban J connectivity index is 1.61. The van der Waals surface area contributed by atoms with Crippen LogP contribution in [-0.2, 0) is 4.79 Å².